The van der Waals surface area contributed by atoms with Crippen molar-refractivity contribution in [2.75, 3.05) is 17.7 Å². The number of carbonyl (C=O) groups excluding carboxylic acids is 1. The van der Waals surface area contributed by atoms with E-state index >= 15 is 0 Å². The van der Waals surface area contributed by atoms with Crippen molar-refractivity contribution in [2.45, 2.75) is 13.3 Å². The molecule has 6 heteroatoms. The number of allylic oxidation sites excluding steroid dienone is 1. The Morgan fingerprint density at radius 2 is 2.31 bits per heavy atom. The van der Waals surface area contributed by atoms with Gasteiger partial charge in [-0.1, -0.05) is 13.5 Å². The van der Waals surface area contributed by atoms with Gasteiger partial charge in [0.05, 0.1) is 0 Å². The van der Waals surface area contributed by atoms with Gasteiger partial charge in [-0.25, -0.2) is 4.98 Å². The van der Waals surface area contributed by atoms with E-state index in [0.717, 1.165) is 12.1 Å². The summed E-state index contributed by atoms with van der Waals surface area (Å²) >= 11 is 0. The fourth-order valence-electron chi connectivity index (χ4n) is 1.03. The summed E-state index contributed by atoms with van der Waals surface area (Å²) in [5.74, 6) is 0.212. The van der Waals surface area contributed by atoms with E-state index in [1.54, 1.807) is 7.05 Å². The minimum absolute atomic E-state index is 0.244. The lowest BCUT2D eigenvalue weighted by molar-refractivity contribution is 0.100. The van der Waals surface area contributed by atoms with Crippen LogP contribution in [0.15, 0.2) is 18.5 Å². The molecule has 0 atom stereocenters. The van der Waals surface area contributed by atoms with Gasteiger partial charge in [-0.05, 0) is 6.42 Å². The SMILES string of the molecule is C=C(CC)Nc1nc(NC)ncc1C(N)=O. The average molecular weight is 221 g/mol. The Labute approximate surface area is 94.0 Å². The molecule has 0 bridgehead atoms. The maximum Gasteiger partial charge on any atom is 0.254 e. The van der Waals surface area contributed by atoms with Gasteiger partial charge in [-0.3, -0.25) is 4.79 Å². The molecule has 1 rings (SSSR count). The van der Waals surface area contributed by atoms with Gasteiger partial charge in [0.1, 0.15) is 11.4 Å². The zero-order valence-corrected chi connectivity index (χ0v) is 9.37. The van der Waals surface area contributed by atoms with Crippen molar-refractivity contribution in [2.24, 2.45) is 5.73 Å². The predicted octanol–water partition coefficient (Wildman–Crippen LogP) is 0.953. The van der Waals surface area contributed by atoms with E-state index in [-0.39, 0.29) is 5.56 Å². The molecule has 0 aromatic carbocycles. The zero-order valence-electron chi connectivity index (χ0n) is 9.37. The highest BCUT2D eigenvalue weighted by Gasteiger charge is 2.11. The third kappa shape index (κ3) is 2.69. The molecule has 1 amide bonds. The predicted molar refractivity (Wildman–Crippen MR) is 63.2 cm³/mol. The van der Waals surface area contributed by atoms with Gasteiger partial charge in [0.25, 0.3) is 5.91 Å². The van der Waals surface area contributed by atoms with Crippen LogP contribution in [0.4, 0.5) is 11.8 Å². The summed E-state index contributed by atoms with van der Waals surface area (Å²) in [6.45, 7) is 5.72. The number of amides is 1. The highest BCUT2D eigenvalue weighted by atomic mass is 16.1. The maximum absolute atomic E-state index is 11.1. The number of aromatic nitrogens is 2. The lowest BCUT2D eigenvalue weighted by atomic mass is 10.2. The molecule has 1 aromatic rings. The Kier molecular flexibility index (Phi) is 3.82. The van der Waals surface area contributed by atoms with E-state index in [9.17, 15) is 4.79 Å². The molecule has 6 nitrogen and oxygen atoms in total. The van der Waals surface area contributed by atoms with Crippen LogP contribution in [0, 0.1) is 0 Å². The van der Waals surface area contributed by atoms with Crippen LogP contribution >= 0.6 is 0 Å². The summed E-state index contributed by atoms with van der Waals surface area (Å²) < 4.78 is 0. The van der Waals surface area contributed by atoms with Crippen LogP contribution in [0.2, 0.25) is 0 Å². The summed E-state index contributed by atoms with van der Waals surface area (Å²) in [4.78, 5) is 19.2. The van der Waals surface area contributed by atoms with Crippen LogP contribution in [0.3, 0.4) is 0 Å². The Balaban J connectivity index is 3.10. The molecule has 1 heterocycles. The molecule has 0 aliphatic rings. The third-order valence-corrected chi connectivity index (χ3v) is 2.00. The smallest absolute Gasteiger partial charge is 0.254 e. The third-order valence-electron chi connectivity index (χ3n) is 2.00. The first-order chi connectivity index (χ1) is 7.58. The van der Waals surface area contributed by atoms with Crippen LogP contribution in [-0.2, 0) is 0 Å². The van der Waals surface area contributed by atoms with E-state index in [4.69, 9.17) is 5.73 Å². The molecule has 0 aliphatic carbocycles. The molecule has 0 saturated carbocycles. The second-order valence-corrected chi connectivity index (χ2v) is 3.15. The van der Waals surface area contributed by atoms with Gasteiger partial charge in [0, 0.05) is 18.9 Å². The number of anilines is 2. The van der Waals surface area contributed by atoms with Crippen molar-refractivity contribution < 1.29 is 4.79 Å². The van der Waals surface area contributed by atoms with Crippen molar-refractivity contribution in [3.63, 3.8) is 0 Å². The molecule has 16 heavy (non-hydrogen) atoms. The van der Waals surface area contributed by atoms with Crippen LogP contribution in [0.5, 0.6) is 0 Å². The number of nitrogens with one attached hydrogen (secondary N) is 2. The normalized spacial score (nSPS) is 9.62. The van der Waals surface area contributed by atoms with Gasteiger partial charge in [-0.15, -0.1) is 0 Å². The minimum atomic E-state index is -0.575. The van der Waals surface area contributed by atoms with E-state index < -0.39 is 5.91 Å². The summed E-state index contributed by atoms with van der Waals surface area (Å²) in [5, 5.41) is 5.71. The number of rotatable bonds is 5. The summed E-state index contributed by atoms with van der Waals surface area (Å²) in [6, 6.07) is 0. The molecular weight excluding hydrogens is 206 g/mol. The molecule has 0 fully saturated rings. The Bertz CT molecular complexity index is 416. The van der Waals surface area contributed by atoms with Gasteiger partial charge in [0.15, 0.2) is 0 Å². The van der Waals surface area contributed by atoms with Crippen LogP contribution in [0.25, 0.3) is 0 Å². The molecular formula is C10H15N5O. The largest absolute Gasteiger partial charge is 0.365 e. The molecule has 4 N–H and O–H groups in total. The second kappa shape index (κ2) is 5.11. The van der Waals surface area contributed by atoms with Crippen molar-refractivity contribution in [3.05, 3.63) is 24.0 Å². The fourth-order valence-corrected chi connectivity index (χ4v) is 1.03. The quantitative estimate of drug-likeness (QED) is 0.688. The monoisotopic (exact) mass is 221 g/mol. The lowest BCUT2D eigenvalue weighted by Gasteiger charge is -2.10. The van der Waals surface area contributed by atoms with E-state index in [1.165, 1.54) is 6.20 Å². The zero-order chi connectivity index (χ0) is 12.1. The van der Waals surface area contributed by atoms with Crippen molar-refractivity contribution in [1.29, 1.82) is 0 Å². The summed E-state index contributed by atoms with van der Waals surface area (Å²) in [5.41, 5.74) is 6.21. The van der Waals surface area contributed by atoms with E-state index in [2.05, 4.69) is 27.2 Å². The van der Waals surface area contributed by atoms with E-state index in [1.807, 2.05) is 6.92 Å². The first-order valence-electron chi connectivity index (χ1n) is 4.87. The molecule has 0 aliphatic heterocycles. The van der Waals surface area contributed by atoms with Gasteiger partial charge in [-0.2, -0.15) is 4.98 Å². The first-order valence-corrected chi connectivity index (χ1v) is 4.87. The number of nitrogens with zero attached hydrogens (tertiary/aromatic N) is 2. The minimum Gasteiger partial charge on any atom is -0.365 e. The standard InChI is InChI=1S/C10H15N5O/c1-4-6(2)14-9-7(8(11)16)5-13-10(12-3)15-9/h5H,2,4H2,1,3H3,(H2,11,16)(H2,12,13,14,15). The number of carbonyl (C=O) groups is 1. The highest BCUT2D eigenvalue weighted by molar-refractivity contribution is 5.97. The van der Waals surface area contributed by atoms with Crippen LogP contribution < -0.4 is 16.4 Å². The molecule has 0 radical (unpaired) electrons. The van der Waals surface area contributed by atoms with Crippen LogP contribution in [0.1, 0.15) is 23.7 Å². The average Bonchev–Trinajstić information content (AvgIpc) is 2.28. The molecule has 1 aromatic heterocycles. The Morgan fingerprint density at radius 1 is 1.62 bits per heavy atom. The molecule has 0 spiro atoms. The Morgan fingerprint density at radius 3 is 2.81 bits per heavy atom. The maximum atomic E-state index is 11.1. The fraction of sp³-hybridized carbons (Fsp3) is 0.300. The first kappa shape index (κ1) is 12.0. The van der Waals surface area contributed by atoms with Crippen LogP contribution in [-0.4, -0.2) is 22.9 Å². The Hall–Kier alpha value is -2.11. The van der Waals surface area contributed by atoms with E-state index in [0.29, 0.717) is 11.8 Å². The number of hydrogen-bond donors (Lipinski definition) is 3. The highest BCUT2D eigenvalue weighted by Crippen LogP contribution is 2.15. The summed E-state index contributed by atoms with van der Waals surface area (Å²) in [7, 11) is 1.69. The van der Waals surface area contributed by atoms with Gasteiger partial charge < -0.3 is 16.4 Å². The number of nitrogens with two attached hydrogens (primary N) is 1. The summed E-state index contributed by atoms with van der Waals surface area (Å²) in [6.07, 6.45) is 2.11. The second-order valence-electron chi connectivity index (χ2n) is 3.15. The molecule has 86 valence electrons. The van der Waals surface area contributed by atoms with Crippen molar-refractivity contribution in [3.8, 4) is 0 Å². The number of hydrogen-bond acceptors (Lipinski definition) is 5. The topological polar surface area (TPSA) is 92.9 Å². The lowest BCUT2D eigenvalue weighted by Crippen LogP contribution is -2.16. The van der Waals surface area contributed by atoms with Gasteiger partial charge in [0.2, 0.25) is 5.95 Å². The van der Waals surface area contributed by atoms with Crippen molar-refractivity contribution in [1.82, 2.24) is 9.97 Å². The molecule has 0 unspecified atom stereocenters. The van der Waals surface area contributed by atoms with Crippen molar-refractivity contribution >= 4 is 17.7 Å². The number of primary amides is 1. The van der Waals surface area contributed by atoms with Gasteiger partial charge >= 0.3 is 0 Å². The molecule has 0 saturated heterocycles.